The standard InChI is InChI=1S/C30H24ClN3O3S/c1-18-13-19(2)27-26(14-18)33-29(37-27)24-16-22(11-12-25(24)31)32-30(38)34-28(35)21-9-6-10-23(15-21)36-17-20-7-4-3-5-8-20/h3-16H,17H2,1-2H3,(H2,32,34,35,38). The minimum Gasteiger partial charge on any atom is -0.489 e. The average Bonchev–Trinajstić information content (AvgIpc) is 3.33. The summed E-state index contributed by atoms with van der Waals surface area (Å²) in [6.45, 7) is 4.40. The van der Waals surface area contributed by atoms with Gasteiger partial charge in [-0.15, -0.1) is 0 Å². The van der Waals surface area contributed by atoms with Crippen LogP contribution in [0.25, 0.3) is 22.6 Å². The first kappa shape index (κ1) is 25.4. The first-order chi connectivity index (χ1) is 18.4. The molecule has 38 heavy (non-hydrogen) atoms. The molecule has 190 valence electrons. The monoisotopic (exact) mass is 541 g/mol. The number of aryl methyl sites for hydroxylation is 2. The molecule has 0 aliphatic rings. The van der Waals surface area contributed by atoms with Crippen molar-refractivity contribution in [3.8, 4) is 17.2 Å². The number of hydrogen-bond acceptors (Lipinski definition) is 5. The molecule has 0 radical (unpaired) electrons. The molecule has 0 atom stereocenters. The van der Waals surface area contributed by atoms with Crippen molar-refractivity contribution in [3.05, 3.63) is 112 Å². The second kappa shape index (κ2) is 11.0. The van der Waals surface area contributed by atoms with E-state index in [0.29, 0.717) is 40.1 Å². The Hall–Kier alpha value is -4.20. The van der Waals surface area contributed by atoms with Gasteiger partial charge in [0.15, 0.2) is 10.7 Å². The van der Waals surface area contributed by atoms with Crippen LogP contribution in [0.3, 0.4) is 0 Å². The highest BCUT2D eigenvalue weighted by molar-refractivity contribution is 7.80. The second-order valence-electron chi connectivity index (χ2n) is 8.85. The SMILES string of the molecule is Cc1cc(C)c2oc(-c3cc(NC(=S)NC(=O)c4cccc(OCc5ccccc5)c4)ccc3Cl)nc2c1. The quantitative estimate of drug-likeness (QED) is 0.217. The number of rotatable bonds is 6. The van der Waals surface area contributed by atoms with Gasteiger partial charge in [0.1, 0.15) is 17.9 Å². The number of ether oxygens (including phenoxy) is 1. The average molecular weight is 542 g/mol. The smallest absolute Gasteiger partial charge is 0.257 e. The van der Waals surface area contributed by atoms with Crippen LogP contribution < -0.4 is 15.4 Å². The number of benzene rings is 4. The lowest BCUT2D eigenvalue weighted by Gasteiger charge is -2.12. The Kier molecular flexibility index (Phi) is 7.40. The molecule has 2 N–H and O–H groups in total. The van der Waals surface area contributed by atoms with Crippen LogP contribution in [0, 0.1) is 13.8 Å². The van der Waals surface area contributed by atoms with Gasteiger partial charge in [0, 0.05) is 11.3 Å². The van der Waals surface area contributed by atoms with Gasteiger partial charge in [-0.1, -0.05) is 54.1 Å². The molecule has 1 heterocycles. The van der Waals surface area contributed by atoms with Crippen molar-refractivity contribution in [2.24, 2.45) is 0 Å². The third-order valence-electron chi connectivity index (χ3n) is 5.85. The van der Waals surface area contributed by atoms with Crippen LogP contribution in [0.1, 0.15) is 27.0 Å². The molecule has 0 bridgehead atoms. The Morgan fingerprint density at radius 2 is 1.82 bits per heavy atom. The molecule has 4 aromatic carbocycles. The molecule has 8 heteroatoms. The number of carbonyl (C=O) groups excluding carboxylic acids is 1. The molecule has 6 nitrogen and oxygen atoms in total. The van der Waals surface area contributed by atoms with E-state index in [1.807, 2.05) is 56.3 Å². The zero-order valence-electron chi connectivity index (χ0n) is 20.7. The lowest BCUT2D eigenvalue weighted by atomic mass is 10.1. The molecule has 0 unspecified atom stereocenters. The molecule has 1 aromatic heterocycles. The van der Waals surface area contributed by atoms with Gasteiger partial charge in [0.25, 0.3) is 5.91 Å². The zero-order chi connectivity index (χ0) is 26.6. The maximum atomic E-state index is 12.8. The minimum absolute atomic E-state index is 0.142. The van der Waals surface area contributed by atoms with E-state index < -0.39 is 0 Å². The van der Waals surface area contributed by atoms with Gasteiger partial charge in [-0.25, -0.2) is 4.98 Å². The van der Waals surface area contributed by atoms with E-state index in [4.69, 9.17) is 33.0 Å². The molecule has 0 saturated heterocycles. The molecule has 0 saturated carbocycles. The highest BCUT2D eigenvalue weighted by Gasteiger charge is 2.15. The van der Waals surface area contributed by atoms with Gasteiger partial charge < -0.3 is 14.5 Å². The van der Waals surface area contributed by atoms with Crippen LogP contribution in [0.2, 0.25) is 5.02 Å². The van der Waals surface area contributed by atoms with Gasteiger partial charge >= 0.3 is 0 Å². The molecule has 0 aliphatic heterocycles. The van der Waals surface area contributed by atoms with Crippen molar-refractivity contribution < 1.29 is 13.9 Å². The van der Waals surface area contributed by atoms with E-state index in [9.17, 15) is 4.79 Å². The van der Waals surface area contributed by atoms with E-state index >= 15 is 0 Å². The number of hydrogen-bond donors (Lipinski definition) is 2. The second-order valence-corrected chi connectivity index (χ2v) is 9.67. The van der Waals surface area contributed by atoms with Crippen LogP contribution in [-0.4, -0.2) is 16.0 Å². The van der Waals surface area contributed by atoms with Crippen LogP contribution in [0.4, 0.5) is 5.69 Å². The van der Waals surface area contributed by atoms with Crippen LogP contribution in [0.15, 0.2) is 89.3 Å². The predicted molar refractivity (Wildman–Crippen MR) is 155 cm³/mol. The molecule has 1 amide bonds. The summed E-state index contributed by atoms with van der Waals surface area (Å²) in [5.41, 5.74) is 6.30. The van der Waals surface area contributed by atoms with Crippen molar-refractivity contribution in [1.82, 2.24) is 10.3 Å². The fourth-order valence-corrected chi connectivity index (χ4v) is 4.47. The first-order valence-electron chi connectivity index (χ1n) is 11.9. The predicted octanol–water partition coefficient (Wildman–Crippen LogP) is 7.47. The highest BCUT2D eigenvalue weighted by atomic mass is 35.5. The van der Waals surface area contributed by atoms with E-state index in [2.05, 4.69) is 15.6 Å². The molecule has 5 rings (SSSR count). The minimum atomic E-state index is -0.355. The van der Waals surface area contributed by atoms with E-state index in [-0.39, 0.29) is 11.0 Å². The van der Waals surface area contributed by atoms with Crippen LogP contribution in [0.5, 0.6) is 5.75 Å². The summed E-state index contributed by atoms with van der Waals surface area (Å²) in [7, 11) is 0. The summed E-state index contributed by atoms with van der Waals surface area (Å²) in [5, 5.41) is 6.37. The molecule has 5 aromatic rings. The topological polar surface area (TPSA) is 76.4 Å². The fraction of sp³-hybridized carbons (Fsp3) is 0.100. The Morgan fingerprint density at radius 1 is 1.00 bits per heavy atom. The first-order valence-corrected chi connectivity index (χ1v) is 12.7. The van der Waals surface area contributed by atoms with Crippen LogP contribution >= 0.6 is 23.8 Å². The van der Waals surface area contributed by atoms with E-state index in [1.54, 1.807) is 42.5 Å². The Labute approximate surface area is 230 Å². The van der Waals surface area contributed by atoms with Crippen molar-refractivity contribution in [2.45, 2.75) is 20.5 Å². The van der Waals surface area contributed by atoms with Crippen molar-refractivity contribution in [3.63, 3.8) is 0 Å². The van der Waals surface area contributed by atoms with Gasteiger partial charge in [0.05, 0.1) is 10.6 Å². The summed E-state index contributed by atoms with van der Waals surface area (Å²) < 4.78 is 11.9. The van der Waals surface area contributed by atoms with Gasteiger partial charge in [-0.3, -0.25) is 10.1 Å². The third-order valence-corrected chi connectivity index (χ3v) is 6.38. The summed E-state index contributed by atoms with van der Waals surface area (Å²) in [6, 6.07) is 26.1. The number of aromatic nitrogens is 1. The van der Waals surface area contributed by atoms with Crippen molar-refractivity contribution in [1.29, 1.82) is 0 Å². The largest absolute Gasteiger partial charge is 0.489 e. The summed E-state index contributed by atoms with van der Waals surface area (Å²) in [6.07, 6.45) is 0. The number of carbonyl (C=O) groups is 1. The highest BCUT2D eigenvalue weighted by Crippen LogP contribution is 2.33. The van der Waals surface area contributed by atoms with Crippen LogP contribution in [-0.2, 0) is 6.61 Å². The third kappa shape index (κ3) is 5.85. The van der Waals surface area contributed by atoms with E-state index in [1.165, 1.54) is 0 Å². The lowest BCUT2D eigenvalue weighted by Crippen LogP contribution is -2.34. The number of halogens is 1. The Morgan fingerprint density at radius 3 is 2.63 bits per heavy atom. The molecule has 0 fully saturated rings. The number of thiocarbonyl (C=S) groups is 1. The van der Waals surface area contributed by atoms with Gasteiger partial charge in [-0.2, -0.15) is 0 Å². The van der Waals surface area contributed by atoms with Crippen molar-refractivity contribution in [2.75, 3.05) is 5.32 Å². The molecule has 0 aliphatic carbocycles. The molecular weight excluding hydrogens is 518 g/mol. The number of anilines is 1. The number of amides is 1. The summed E-state index contributed by atoms with van der Waals surface area (Å²) in [4.78, 5) is 17.5. The molecule has 0 spiro atoms. The summed E-state index contributed by atoms with van der Waals surface area (Å²) in [5.74, 6) is 0.641. The fourth-order valence-electron chi connectivity index (χ4n) is 4.06. The maximum absolute atomic E-state index is 12.8. The van der Waals surface area contributed by atoms with Gasteiger partial charge in [-0.05, 0) is 85.2 Å². The van der Waals surface area contributed by atoms with Crippen molar-refractivity contribution >= 4 is 51.6 Å². The number of nitrogens with zero attached hydrogens (tertiary/aromatic N) is 1. The lowest BCUT2D eigenvalue weighted by molar-refractivity contribution is 0.0977. The normalized spacial score (nSPS) is 10.8. The Bertz CT molecular complexity index is 1650. The zero-order valence-corrected chi connectivity index (χ0v) is 22.3. The Balaban J connectivity index is 1.26. The summed E-state index contributed by atoms with van der Waals surface area (Å²) >= 11 is 11.9. The molecular formula is C30H24ClN3O3S. The number of nitrogens with one attached hydrogen (secondary N) is 2. The number of fused-ring (bicyclic) bond motifs is 1. The van der Waals surface area contributed by atoms with Gasteiger partial charge in [0.2, 0.25) is 5.89 Å². The van der Waals surface area contributed by atoms with E-state index in [0.717, 1.165) is 27.8 Å². The number of oxazole rings is 1. The maximum Gasteiger partial charge on any atom is 0.257 e.